The standard InChI is InChI=1S/C24H30BrClN2O3/c1-4-6-13-27-24(30)17(3)28(15-19-9-7-8-10-21(19)26)23(29)16-31-22-12-11-18(5-2)14-20(22)25/h7-12,14,17H,4-6,13,15-16H2,1-3H3,(H,27,30)/t17-/m1/s1. The molecule has 5 nitrogen and oxygen atoms in total. The Kier molecular flexibility index (Phi) is 10.3. The molecule has 1 atom stereocenters. The zero-order chi connectivity index (χ0) is 22.8. The number of hydrogen-bond acceptors (Lipinski definition) is 3. The molecule has 0 radical (unpaired) electrons. The SMILES string of the molecule is CCCCNC(=O)[C@@H](C)N(Cc1ccccc1Cl)C(=O)COc1ccc(CC)cc1Br. The monoisotopic (exact) mass is 508 g/mol. The summed E-state index contributed by atoms with van der Waals surface area (Å²) in [5.74, 6) is 0.107. The lowest BCUT2D eigenvalue weighted by Gasteiger charge is -2.29. The van der Waals surface area contributed by atoms with Crippen molar-refractivity contribution >= 4 is 39.3 Å². The van der Waals surface area contributed by atoms with Crippen LogP contribution >= 0.6 is 27.5 Å². The molecular weight excluding hydrogens is 480 g/mol. The van der Waals surface area contributed by atoms with E-state index in [9.17, 15) is 9.59 Å². The van der Waals surface area contributed by atoms with Crippen LogP contribution in [0.25, 0.3) is 0 Å². The van der Waals surface area contributed by atoms with Gasteiger partial charge in [0.1, 0.15) is 11.8 Å². The average molecular weight is 510 g/mol. The van der Waals surface area contributed by atoms with Gasteiger partial charge < -0.3 is 15.0 Å². The molecule has 7 heteroatoms. The molecule has 168 valence electrons. The molecule has 2 amide bonds. The summed E-state index contributed by atoms with van der Waals surface area (Å²) in [5.41, 5.74) is 1.95. The van der Waals surface area contributed by atoms with Crippen LogP contribution in [0.5, 0.6) is 5.75 Å². The van der Waals surface area contributed by atoms with E-state index in [2.05, 4.69) is 35.1 Å². The maximum atomic E-state index is 13.1. The fraction of sp³-hybridized carbons (Fsp3) is 0.417. The van der Waals surface area contributed by atoms with Crippen LogP contribution in [0.2, 0.25) is 5.02 Å². The summed E-state index contributed by atoms with van der Waals surface area (Å²) in [6, 6.07) is 12.4. The van der Waals surface area contributed by atoms with Crippen molar-refractivity contribution in [3.63, 3.8) is 0 Å². The molecule has 2 aromatic carbocycles. The second-order valence-electron chi connectivity index (χ2n) is 7.34. The van der Waals surface area contributed by atoms with Gasteiger partial charge in [-0.3, -0.25) is 9.59 Å². The predicted molar refractivity (Wildman–Crippen MR) is 128 cm³/mol. The van der Waals surface area contributed by atoms with Crippen LogP contribution in [-0.4, -0.2) is 35.9 Å². The second-order valence-corrected chi connectivity index (χ2v) is 8.60. The normalized spacial score (nSPS) is 11.6. The van der Waals surface area contributed by atoms with Gasteiger partial charge in [0.05, 0.1) is 4.47 Å². The Hall–Kier alpha value is -2.05. The zero-order valence-electron chi connectivity index (χ0n) is 18.3. The van der Waals surface area contributed by atoms with Gasteiger partial charge in [-0.15, -0.1) is 0 Å². The first-order valence-corrected chi connectivity index (χ1v) is 11.8. The molecule has 0 aliphatic rings. The Balaban J connectivity index is 2.15. The fourth-order valence-corrected chi connectivity index (χ4v) is 3.77. The number of carbonyl (C=O) groups excluding carboxylic acids is 2. The van der Waals surface area contributed by atoms with Crippen molar-refractivity contribution < 1.29 is 14.3 Å². The van der Waals surface area contributed by atoms with Crippen molar-refractivity contribution in [1.82, 2.24) is 10.2 Å². The number of rotatable bonds is 11. The largest absolute Gasteiger partial charge is 0.483 e. The van der Waals surface area contributed by atoms with Gasteiger partial charge in [0.25, 0.3) is 5.91 Å². The Morgan fingerprint density at radius 1 is 1.19 bits per heavy atom. The van der Waals surface area contributed by atoms with Crippen LogP contribution in [0.3, 0.4) is 0 Å². The Bertz CT molecular complexity index is 891. The van der Waals surface area contributed by atoms with Gasteiger partial charge in [0, 0.05) is 18.1 Å². The number of nitrogens with one attached hydrogen (secondary N) is 1. The highest BCUT2D eigenvalue weighted by Gasteiger charge is 2.27. The molecule has 0 spiro atoms. The van der Waals surface area contributed by atoms with Crippen LogP contribution in [-0.2, 0) is 22.6 Å². The van der Waals surface area contributed by atoms with E-state index in [0.717, 1.165) is 29.3 Å². The van der Waals surface area contributed by atoms with Crippen molar-refractivity contribution in [2.45, 2.75) is 52.6 Å². The molecule has 0 bridgehead atoms. The Morgan fingerprint density at radius 3 is 2.58 bits per heavy atom. The summed E-state index contributed by atoms with van der Waals surface area (Å²) in [7, 11) is 0. The maximum absolute atomic E-state index is 13.1. The Morgan fingerprint density at radius 2 is 1.94 bits per heavy atom. The van der Waals surface area contributed by atoms with Gasteiger partial charge in [-0.2, -0.15) is 0 Å². The minimum Gasteiger partial charge on any atom is -0.483 e. The molecule has 0 saturated carbocycles. The highest BCUT2D eigenvalue weighted by Crippen LogP contribution is 2.26. The van der Waals surface area contributed by atoms with Crippen molar-refractivity contribution in [1.29, 1.82) is 0 Å². The number of ether oxygens (including phenoxy) is 1. The number of unbranched alkanes of at least 4 members (excludes halogenated alkanes) is 1. The molecule has 31 heavy (non-hydrogen) atoms. The summed E-state index contributed by atoms with van der Waals surface area (Å²) in [6.07, 6.45) is 2.78. The minimum absolute atomic E-state index is 0.179. The van der Waals surface area contributed by atoms with Gasteiger partial charge in [-0.1, -0.05) is 56.1 Å². The van der Waals surface area contributed by atoms with Crippen LogP contribution in [0.4, 0.5) is 0 Å². The lowest BCUT2D eigenvalue weighted by molar-refractivity contribution is -0.142. The van der Waals surface area contributed by atoms with Gasteiger partial charge >= 0.3 is 0 Å². The van der Waals surface area contributed by atoms with Crippen LogP contribution < -0.4 is 10.1 Å². The van der Waals surface area contributed by atoms with Crippen LogP contribution in [0.1, 0.15) is 44.7 Å². The second kappa shape index (κ2) is 12.7. The Labute approximate surface area is 198 Å². The smallest absolute Gasteiger partial charge is 0.261 e. The third kappa shape index (κ3) is 7.54. The number of benzene rings is 2. The molecule has 0 aromatic heterocycles. The first kappa shape index (κ1) is 25.2. The van der Waals surface area contributed by atoms with E-state index in [0.29, 0.717) is 17.3 Å². The van der Waals surface area contributed by atoms with Gasteiger partial charge in [-0.25, -0.2) is 0 Å². The topological polar surface area (TPSA) is 58.6 Å². The summed E-state index contributed by atoms with van der Waals surface area (Å²) >= 11 is 9.80. The summed E-state index contributed by atoms with van der Waals surface area (Å²) in [4.78, 5) is 27.3. The molecule has 2 rings (SSSR count). The van der Waals surface area contributed by atoms with Gasteiger partial charge in [0.2, 0.25) is 5.91 Å². The number of halogens is 2. The third-order valence-electron chi connectivity index (χ3n) is 5.05. The molecule has 0 saturated heterocycles. The zero-order valence-corrected chi connectivity index (χ0v) is 20.6. The number of carbonyl (C=O) groups is 2. The highest BCUT2D eigenvalue weighted by atomic mass is 79.9. The first-order chi connectivity index (χ1) is 14.9. The lowest BCUT2D eigenvalue weighted by atomic mass is 10.1. The van der Waals surface area contributed by atoms with Gasteiger partial charge in [-0.05, 0) is 65.0 Å². The van der Waals surface area contributed by atoms with Crippen LogP contribution in [0.15, 0.2) is 46.9 Å². The van der Waals surface area contributed by atoms with Crippen molar-refractivity contribution in [2.24, 2.45) is 0 Å². The summed E-state index contributed by atoms with van der Waals surface area (Å²) < 4.78 is 6.57. The van der Waals surface area contributed by atoms with E-state index in [1.165, 1.54) is 10.5 Å². The van der Waals surface area contributed by atoms with E-state index in [-0.39, 0.29) is 25.0 Å². The van der Waals surface area contributed by atoms with E-state index < -0.39 is 6.04 Å². The number of nitrogens with zero attached hydrogens (tertiary/aromatic N) is 1. The number of hydrogen-bond donors (Lipinski definition) is 1. The minimum atomic E-state index is -0.657. The summed E-state index contributed by atoms with van der Waals surface area (Å²) in [6.45, 7) is 6.49. The molecule has 0 fully saturated rings. The average Bonchev–Trinajstić information content (AvgIpc) is 2.77. The quantitative estimate of drug-likeness (QED) is 0.414. The molecular formula is C24H30BrClN2O3. The number of amides is 2. The van der Waals surface area contributed by atoms with E-state index in [1.54, 1.807) is 13.0 Å². The maximum Gasteiger partial charge on any atom is 0.261 e. The number of aryl methyl sites for hydroxylation is 1. The van der Waals surface area contributed by atoms with E-state index >= 15 is 0 Å². The molecule has 0 aliphatic carbocycles. The third-order valence-corrected chi connectivity index (χ3v) is 6.04. The lowest BCUT2D eigenvalue weighted by Crippen LogP contribution is -2.49. The molecule has 2 aromatic rings. The predicted octanol–water partition coefficient (Wildman–Crippen LogP) is 5.38. The van der Waals surface area contributed by atoms with E-state index in [1.807, 2.05) is 36.4 Å². The first-order valence-electron chi connectivity index (χ1n) is 10.6. The van der Waals surface area contributed by atoms with Crippen molar-refractivity contribution in [3.05, 3.63) is 63.1 Å². The highest BCUT2D eigenvalue weighted by molar-refractivity contribution is 9.10. The van der Waals surface area contributed by atoms with Gasteiger partial charge in [0.15, 0.2) is 6.61 Å². The van der Waals surface area contributed by atoms with Crippen molar-refractivity contribution in [2.75, 3.05) is 13.2 Å². The van der Waals surface area contributed by atoms with Crippen molar-refractivity contribution in [3.8, 4) is 5.75 Å². The molecule has 0 unspecified atom stereocenters. The molecule has 0 heterocycles. The molecule has 1 N–H and O–H groups in total. The molecule has 0 aliphatic heterocycles. The van der Waals surface area contributed by atoms with Crippen LogP contribution in [0, 0.1) is 0 Å². The van der Waals surface area contributed by atoms with E-state index in [4.69, 9.17) is 16.3 Å². The summed E-state index contributed by atoms with van der Waals surface area (Å²) in [5, 5.41) is 3.45. The fourth-order valence-electron chi connectivity index (χ4n) is 3.03.